The van der Waals surface area contributed by atoms with E-state index in [9.17, 15) is 9.59 Å². The van der Waals surface area contributed by atoms with Gasteiger partial charge >= 0.3 is 5.97 Å². The molecule has 2 heterocycles. The molecule has 0 bridgehead atoms. The van der Waals surface area contributed by atoms with Crippen LogP contribution in [0.15, 0.2) is 18.2 Å². The van der Waals surface area contributed by atoms with E-state index in [0.29, 0.717) is 18.3 Å². The summed E-state index contributed by atoms with van der Waals surface area (Å²) in [5.41, 5.74) is 1.36. The van der Waals surface area contributed by atoms with Crippen LogP contribution in [0.2, 0.25) is 0 Å². The molecule has 2 aromatic heterocycles. The molecule has 2 rings (SSSR count). The number of carbonyl (C=O) groups excluding carboxylic acids is 1. The molecule has 0 saturated heterocycles. The first-order valence-corrected chi connectivity index (χ1v) is 8.44. The summed E-state index contributed by atoms with van der Waals surface area (Å²) in [7, 11) is 0. The largest absolute Gasteiger partial charge is 0.477 e. The van der Waals surface area contributed by atoms with Gasteiger partial charge in [-0.15, -0.1) is 11.3 Å². The number of aromatic carboxylic acids is 1. The molecule has 0 unspecified atom stereocenters. The first-order chi connectivity index (χ1) is 11.0. The van der Waals surface area contributed by atoms with Crippen molar-refractivity contribution in [1.29, 1.82) is 0 Å². The minimum atomic E-state index is -0.952. The molecule has 0 radical (unpaired) electrons. The summed E-state index contributed by atoms with van der Waals surface area (Å²) in [6, 6.07) is 5.33. The molecule has 6 nitrogen and oxygen atoms in total. The van der Waals surface area contributed by atoms with E-state index in [1.807, 2.05) is 11.6 Å². The van der Waals surface area contributed by atoms with Gasteiger partial charge in [0.05, 0.1) is 12.6 Å². The molecule has 124 valence electrons. The van der Waals surface area contributed by atoms with Gasteiger partial charge in [0, 0.05) is 10.6 Å². The molecule has 2 aromatic rings. The smallest absolute Gasteiger partial charge is 0.345 e. The van der Waals surface area contributed by atoms with Crippen LogP contribution < -0.4 is 5.32 Å². The second-order valence-corrected chi connectivity index (χ2v) is 6.51. The van der Waals surface area contributed by atoms with Crippen molar-refractivity contribution in [2.45, 2.75) is 46.2 Å². The van der Waals surface area contributed by atoms with Gasteiger partial charge in [0.15, 0.2) is 0 Å². The molecule has 0 fully saturated rings. The highest BCUT2D eigenvalue weighted by atomic mass is 32.1. The summed E-state index contributed by atoms with van der Waals surface area (Å²) in [4.78, 5) is 24.1. The summed E-state index contributed by atoms with van der Waals surface area (Å²) >= 11 is 1.16. The second kappa shape index (κ2) is 7.41. The fourth-order valence-electron chi connectivity index (χ4n) is 2.45. The fraction of sp³-hybridized carbons (Fsp3) is 0.438. The maximum atomic E-state index is 12.2. The topological polar surface area (TPSA) is 84.2 Å². The van der Waals surface area contributed by atoms with Gasteiger partial charge in [-0.05, 0) is 38.0 Å². The van der Waals surface area contributed by atoms with E-state index in [2.05, 4.69) is 24.3 Å². The lowest BCUT2D eigenvalue weighted by Crippen LogP contribution is -2.23. The third kappa shape index (κ3) is 3.98. The first-order valence-electron chi connectivity index (χ1n) is 7.62. The van der Waals surface area contributed by atoms with Gasteiger partial charge in [-0.3, -0.25) is 9.48 Å². The van der Waals surface area contributed by atoms with Crippen LogP contribution in [0, 0.1) is 6.92 Å². The van der Waals surface area contributed by atoms with Gasteiger partial charge in [-0.1, -0.05) is 13.8 Å². The number of rotatable bonds is 7. The number of carbonyl (C=O) groups is 2. The van der Waals surface area contributed by atoms with E-state index >= 15 is 0 Å². The molecule has 0 aromatic carbocycles. The van der Waals surface area contributed by atoms with Gasteiger partial charge in [0.2, 0.25) is 0 Å². The highest BCUT2D eigenvalue weighted by Crippen LogP contribution is 2.19. The molecular weight excluding hydrogens is 314 g/mol. The number of nitrogens with zero attached hydrogens (tertiary/aromatic N) is 2. The Hall–Kier alpha value is -2.15. The third-order valence-corrected chi connectivity index (χ3v) is 4.81. The SMILES string of the molecule is CCC(CC)n1nc(C(=O)NCc2ccc(C(=O)O)s2)cc1C. The molecule has 1 amide bonds. The van der Waals surface area contributed by atoms with Gasteiger partial charge in [-0.25, -0.2) is 4.79 Å². The summed E-state index contributed by atoms with van der Waals surface area (Å²) in [5, 5.41) is 16.1. The first kappa shape index (κ1) is 17.2. The Morgan fingerprint density at radius 1 is 1.35 bits per heavy atom. The van der Waals surface area contributed by atoms with Crippen LogP contribution >= 0.6 is 11.3 Å². The van der Waals surface area contributed by atoms with Gasteiger partial charge in [0.25, 0.3) is 5.91 Å². The van der Waals surface area contributed by atoms with Crippen molar-refractivity contribution in [1.82, 2.24) is 15.1 Å². The Morgan fingerprint density at radius 3 is 2.61 bits per heavy atom. The Morgan fingerprint density at radius 2 is 2.04 bits per heavy atom. The van der Waals surface area contributed by atoms with Gasteiger partial charge < -0.3 is 10.4 Å². The third-order valence-electron chi connectivity index (χ3n) is 3.74. The number of thiophene rings is 1. The Bertz CT molecular complexity index is 701. The molecular formula is C16H21N3O3S. The quantitative estimate of drug-likeness (QED) is 0.813. The molecule has 23 heavy (non-hydrogen) atoms. The maximum Gasteiger partial charge on any atom is 0.345 e. The summed E-state index contributed by atoms with van der Waals surface area (Å²) in [6.07, 6.45) is 1.93. The van der Waals surface area contributed by atoms with Gasteiger partial charge in [0.1, 0.15) is 10.6 Å². The van der Waals surface area contributed by atoms with Crippen LogP contribution in [0.1, 0.15) is 63.5 Å². The number of hydrogen-bond acceptors (Lipinski definition) is 4. The summed E-state index contributed by atoms with van der Waals surface area (Å²) < 4.78 is 1.91. The number of amides is 1. The van der Waals surface area contributed by atoms with Crippen molar-refractivity contribution in [3.63, 3.8) is 0 Å². The van der Waals surface area contributed by atoms with Crippen molar-refractivity contribution in [3.8, 4) is 0 Å². The minimum absolute atomic E-state index is 0.247. The average Bonchev–Trinajstić information content (AvgIpc) is 3.14. The van der Waals surface area contributed by atoms with Crippen LogP contribution in [0.25, 0.3) is 0 Å². The second-order valence-electron chi connectivity index (χ2n) is 5.34. The van der Waals surface area contributed by atoms with Crippen LogP contribution in [0.3, 0.4) is 0 Å². The number of aryl methyl sites for hydroxylation is 1. The van der Waals surface area contributed by atoms with Gasteiger partial charge in [-0.2, -0.15) is 5.10 Å². The zero-order valence-corrected chi connectivity index (χ0v) is 14.3. The lowest BCUT2D eigenvalue weighted by atomic mass is 10.2. The standard InChI is InChI=1S/C16H21N3O3S/c1-4-11(5-2)19-10(3)8-13(18-19)15(20)17-9-12-6-7-14(23-12)16(21)22/h6-8,11H,4-5,9H2,1-3H3,(H,17,20)(H,21,22). The van der Waals surface area contributed by atoms with E-state index in [0.717, 1.165) is 34.7 Å². The average molecular weight is 335 g/mol. The molecule has 0 aliphatic heterocycles. The highest BCUT2D eigenvalue weighted by molar-refractivity contribution is 7.13. The summed E-state index contributed by atoms with van der Waals surface area (Å²) in [5.74, 6) is -1.20. The van der Waals surface area contributed by atoms with Crippen molar-refractivity contribution >= 4 is 23.2 Å². The number of nitrogens with one attached hydrogen (secondary N) is 1. The number of carboxylic acids is 1. The van der Waals surface area contributed by atoms with E-state index < -0.39 is 5.97 Å². The Kier molecular flexibility index (Phi) is 5.54. The van der Waals surface area contributed by atoms with Crippen LogP contribution in [0.4, 0.5) is 0 Å². The normalized spacial score (nSPS) is 11.0. The van der Waals surface area contributed by atoms with Crippen molar-refractivity contribution in [2.24, 2.45) is 0 Å². The fourth-order valence-corrected chi connectivity index (χ4v) is 3.24. The Balaban J connectivity index is 2.03. The van der Waals surface area contributed by atoms with E-state index in [-0.39, 0.29) is 10.8 Å². The molecule has 0 aliphatic carbocycles. The predicted octanol–water partition coefficient (Wildman–Crippen LogP) is 3.24. The summed E-state index contributed by atoms with van der Waals surface area (Å²) in [6.45, 7) is 6.45. The monoisotopic (exact) mass is 335 g/mol. The highest BCUT2D eigenvalue weighted by Gasteiger charge is 2.16. The van der Waals surface area contributed by atoms with E-state index in [1.165, 1.54) is 0 Å². The maximum absolute atomic E-state index is 12.2. The molecule has 7 heteroatoms. The predicted molar refractivity (Wildman–Crippen MR) is 89.0 cm³/mol. The van der Waals surface area contributed by atoms with Crippen molar-refractivity contribution in [2.75, 3.05) is 0 Å². The lowest BCUT2D eigenvalue weighted by molar-refractivity contribution is 0.0702. The molecule has 2 N–H and O–H groups in total. The number of aromatic nitrogens is 2. The lowest BCUT2D eigenvalue weighted by Gasteiger charge is -2.14. The molecule has 0 spiro atoms. The Labute approximate surface area is 139 Å². The van der Waals surface area contributed by atoms with Crippen molar-refractivity contribution < 1.29 is 14.7 Å². The van der Waals surface area contributed by atoms with Crippen LogP contribution in [-0.2, 0) is 6.54 Å². The minimum Gasteiger partial charge on any atom is -0.477 e. The van der Waals surface area contributed by atoms with Crippen LogP contribution in [0.5, 0.6) is 0 Å². The molecule has 0 saturated carbocycles. The van der Waals surface area contributed by atoms with Crippen LogP contribution in [-0.4, -0.2) is 26.8 Å². The number of hydrogen-bond donors (Lipinski definition) is 2. The van der Waals surface area contributed by atoms with Crippen molar-refractivity contribution in [3.05, 3.63) is 39.3 Å². The number of carboxylic acid groups (broad SMARTS) is 1. The molecule has 0 atom stereocenters. The zero-order chi connectivity index (χ0) is 17.0. The zero-order valence-electron chi connectivity index (χ0n) is 13.5. The van der Waals surface area contributed by atoms with E-state index in [1.54, 1.807) is 18.2 Å². The van der Waals surface area contributed by atoms with E-state index in [4.69, 9.17) is 5.11 Å². The molecule has 0 aliphatic rings.